The van der Waals surface area contributed by atoms with Gasteiger partial charge in [-0.2, -0.15) is 0 Å². The molecule has 0 atom stereocenters. The van der Waals surface area contributed by atoms with Crippen molar-refractivity contribution in [2.45, 2.75) is 39.0 Å². The van der Waals surface area contributed by atoms with Gasteiger partial charge in [-0.25, -0.2) is 0 Å². The van der Waals surface area contributed by atoms with Crippen molar-refractivity contribution in [2.24, 2.45) is 0 Å². The Kier molecular flexibility index (Phi) is 6.53. The molecule has 9 aromatic carbocycles. The highest BCUT2D eigenvalue weighted by Gasteiger charge is 2.39. The lowest BCUT2D eigenvalue weighted by atomic mass is 9.81. The van der Waals surface area contributed by atoms with Gasteiger partial charge >= 0.3 is 0 Å². The molecule has 0 amide bonds. The number of benzene rings is 9. The first-order valence-electron chi connectivity index (χ1n) is 19.1. The average Bonchev–Trinajstić information content (AvgIpc) is 3.70. The van der Waals surface area contributed by atoms with E-state index in [0.717, 1.165) is 39.0 Å². The maximum Gasteiger partial charge on any atom is 0.159 e. The van der Waals surface area contributed by atoms with Crippen LogP contribution in [-0.4, -0.2) is 0 Å². The van der Waals surface area contributed by atoms with Crippen molar-refractivity contribution in [3.05, 3.63) is 174 Å². The normalized spacial score (nSPS) is 13.5. The molecule has 0 bridgehead atoms. The molecule has 1 aromatic heterocycles. The van der Waals surface area contributed by atoms with Crippen LogP contribution in [-0.2, 0) is 5.41 Å². The summed E-state index contributed by atoms with van der Waals surface area (Å²) < 4.78 is 6.75. The second-order valence-corrected chi connectivity index (χ2v) is 15.8. The summed E-state index contributed by atoms with van der Waals surface area (Å²) in [4.78, 5) is 2.44. The van der Waals surface area contributed by atoms with Crippen molar-refractivity contribution >= 4 is 82.1 Å². The third kappa shape index (κ3) is 4.23. The van der Waals surface area contributed by atoms with E-state index < -0.39 is 0 Å². The lowest BCUT2D eigenvalue weighted by Crippen LogP contribution is -2.17. The van der Waals surface area contributed by atoms with Gasteiger partial charge < -0.3 is 9.32 Å². The van der Waals surface area contributed by atoms with Crippen LogP contribution in [0.3, 0.4) is 0 Å². The van der Waals surface area contributed by atoms with Crippen LogP contribution in [0.25, 0.3) is 76.2 Å². The predicted molar refractivity (Wildman–Crippen MR) is 230 cm³/mol. The van der Waals surface area contributed by atoms with Crippen LogP contribution in [0, 0.1) is 0 Å². The van der Waals surface area contributed by atoms with E-state index in [9.17, 15) is 0 Å². The van der Waals surface area contributed by atoms with Gasteiger partial charge in [0.2, 0.25) is 0 Å². The molecule has 11 rings (SSSR count). The third-order valence-corrected chi connectivity index (χ3v) is 12.2. The van der Waals surface area contributed by atoms with Crippen LogP contribution in [0.15, 0.2) is 162 Å². The topological polar surface area (TPSA) is 16.4 Å². The van der Waals surface area contributed by atoms with Gasteiger partial charge in [0.25, 0.3) is 0 Å². The molecule has 0 spiro atoms. The highest BCUT2D eigenvalue weighted by atomic mass is 16.3. The number of hydrogen-bond acceptors (Lipinski definition) is 2. The molecule has 2 heteroatoms. The van der Waals surface area contributed by atoms with E-state index in [1.807, 2.05) is 0 Å². The molecule has 10 aromatic rings. The molecule has 0 saturated carbocycles. The number of hydrogen-bond donors (Lipinski definition) is 0. The Labute approximate surface area is 314 Å². The standard InChI is InChI=1S/C52H39NO/c1-31(2)32-24-26-33(27-25-32)53(45-22-13-21-42-38-18-11-12-23-47(38)54-51(42)45)46-30-44-49(40-20-10-8-17-37(40)46)50-43(52(44,3)4)29-28-41-36-16-6-5-14-34(36)35-15-7-9-19-39(35)48(41)50/h5-31H,1-4H3. The molecular weight excluding hydrogens is 655 g/mol. The van der Waals surface area contributed by atoms with E-state index in [4.69, 9.17) is 4.42 Å². The van der Waals surface area contributed by atoms with Crippen LogP contribution >= 0.6 is 0 Å². The molecule has 1 aliphatic carbocycles. The Bertz CT molecular complexity index is 3130. The second-order valence-electron chi connectivity index (χ2n) is 15.8. The minimum Gasteiger partial charge on any atom is -0.454 e. The molecule has 0 unspecified atom stereocenters. The van der Waals surface area contributed by atoms with Crippen molar-refractivity contribution in [2.75, 3.05) is 4.90 Å². The van der Waals surface area contributed by atoms with Gasteiger partial charge in [0.15, 0.2) is 5.58 Å². The van der Waals surface area contributed by atoms with Crippen LogP contribution < -0.4 is 4.90 Å². The molecule has 258 valence electrons. The van der Waals surface area contributed by atoms with Crippen molar-refractivity contribution in [3.63, 3.8) is 0 Å². The molecule has 1 aliphatic rings. The minimum absolute atomic E-state index is 0.247. The first-order valence-corrected chi connectivity index (χ1v) is 19.1. The fourth-order valence-corrected chi connectivity index (χ4v) is 9.55. The lowest BCUT2D eigenvalue weighted by molar-refractivity contribution is 0.661. The first-order chi connectivity index (χ1) is 26.4. The van der Waals surface area contributed by atoms with E-state index in [1.165, 1.54) is 70.9 Å². The minimum atomic E-state index is -0.247. The summed E-state index contributed by atoms with van der Waals surface area (Å²) in [6.45, 7) is 9.33. The van der Waals surface area contributed by atoms with Crippen LogP contribution in [0.5, 0.6) is 0 Å². The van der Waals surface area contributed by atoms with Crippen molar-refractivity contribution < 1.29 is 4.42 Å². The zero-order chi connectivity index (χ0) is 36.3. The van der Waals surface area contributed by atoms with Gasteiger partial charge in [0.1, 0.15) is 5.58 Å². The number of fused-ring (bicyclic) bond motifs is 15. The smallest absolute Gasteiger partial charge is 0.159 e. The number of nitrogens with zero attached hydrogens (tertiary/aromatic N) is 1. The molecule has 0 N–H and O–H groups in total. The molecule has 0 radical (unpaired) electrons. The third-order valence-electron chi connectivity index (χ3n) is 12.2. The second kappa shape index (κ2) is 11.3. The zero-order valence-corrected chi connectivity index (χ0v) is 30.9. The largest absolute Gasteiger partial charge is 0.454 e. The van der Waals surface area contributed by atoms with Crippen LogP contribution in [0.4, 0.5) is 17.1 Å². The average molecular weight is 694 g/mol. The van der Waals surface area contributed by atoms with Gasteiger partial charge in [0.05, 0.1) is 11.4 Å². The predicted octanol–water partition coefficient (Wildman–Crippen LogP) is 15.1. The SMILES string of the molecule is CC(C)c1ccc(N(c2cc3c(c4ccccc24)-c2c(ccc4c5ccccc5c5ccccc5c24)C3(C)C)c2cccc3c2oc2ccccc23)cc1. The molecule has 2 nitrogen and oxygen atoms in total. The maximum absolute atomic E-state index is 6.75. The molecule has 0 saturated heterocycles. The molecule has 54 heavy (non-hydrogen) atoms. The summed E-state index contributed by atoms with van der Waals surface area (Å²) in [5.41, 5.74) is 11.6. The quantitative estimate of drug-likeness (QED) is 0.171. The Morgan fingerprint density at radius 3 is 1.74 bits per heavy atom. The number of rotatable bonds is 4. The van der Waals surface area contributed by atoms with Crippen molar-refractivity contribution in [1.29, 1.82) is 0 Å². The molecule has 1 heterocycles. The van der Waals surface area contributed by atoms with Crippen molar-refractivity contribution in [3.8, 4) is 11.1 Å². The summed E-state index contributed by atoms with van der Waals surface area (Å²) in [6, 6.07) is 58.3. The Balaban J connectivity index is 1.26. The Morgan fingerprint density at radius 2 is 1.04 bits per heavy atom. The summed E-state index contributed by atoms with van der Waals surface area (Å²) in [5, 5.41) is 12.6. The van der Waals surface area contributed by atoms with Gasteiger partial charge in [-0.1, -0.05) is 155 Å². The van der Waals surface area contributed by atoms with E-state index in [1.54, 1.807) is 0 Å². The molecule has 0 aliphatic heterocycles. The maximum atomic E-state index is 6.75. The summed E-state index contributed by atoms with van der Waals surface area (Å²) in [6.07, 6.45) is 0. The van der Waals surface area contributed by atoms with E-state index >= 15 is 0 Å². The number of para-hydroxylation sites is 2. The van der Waals surface area contributed by atoms with E-state index in [2.05, 4.69) is 190 Å². The van der Waals surface area contributed by atoms with Crippen molar-refractivity contribution in [1.82, 2.24) is 0 Å². The highest BCUT2D eigenvalue weighted by molar-refractivity contribution is 6.30. The Hall–Kier alpha value is -6.38. The molecule has 0 fully saturated rings. The van der Waals surface area contributed by atoms with Gasteiger partial charge in [-0.3, -0.25) is 0 Å². The number of anilines is 3. The highest BCUT2D eigenvalue weighted by Crippen LogP contribution is 2.58. The monoisotopic (exact) mass is 693 g/mol. The summed E-state index contributed by atoms with van der Waals surface area (Å²) >= 11 is 0. The van der Waals surface area contributed by atoms with Gasteiger partial charge in [-0.05, 0) is 102 Å². The molecular formula is C52H39NO. The summed E-state index contributed by atoms with van der Waals surface area (Å²) in [7, 11) is 0. The lowest BCUT2D eigenvalue weighted by Gasteiger charge is -2.30. The van der Waals surface area contributed by atoms with Gasteiger partial charge in [0, 0.05) is 27.3 Å². The zero-order valence-electron chi connectivity index (χ0n) is 30.9. The van der Waals surface area contributed by atoms with Gasteiger partial charge in [-0.15, -0.1) is 0 Å². The van der Waals surface area contributed by atoms with E-state index in [0.29, 0.717) is 5.92 Å². The summed E-state index contributed by atoms with van der Waals surface area (Å²) in [5.74, 6) is 0.439. The fraction of sp³-hybridized carbons (Fsp3) is 0.115. The first kappa shape index (κ1) is 31.2. The van der Waals surface area contributed by atoms with Crippen LogP contribution in [0.1, 0.15) is 50.3 Å². The Morgan fingerprint density at radius 1 is 0.463 bits per heavy atom. The van der Waals surface area contributed by atoms with E-state index in [-0.39, 0.29) is 5.41 Å². The number of furan rings is 1. The van der Waals surface area contributed by atoms with Crippen LogP contribution in [0.2, 0.25) is 0 Å². The fourth-order valence-electron chi connectivity index (χ4n) is 9.55.